The molecular formula is C19H21F3N4O. The molecule has 1 amide bonds. The number of carbonyl (C=O) groups is 1. The predicted molar refractivity (Wildman–Crippen MR) is 96.8 cm³/mol. The Morgan fingerprint density at radius 3 is 2.26 bits per heavy atom. The monoisotopic (exact) mass is 378 g/mol. The molecule has 0 atom stereocenters. The van der Waals surface area contributed by atoms with Gasteiger partial charge in [0.2, 0.25) is 0 Å². The number of nitrogens with one attached hydrogen (secondary N) is 1. The maximum Gasteiger partial charge on any atom is 0.435 e. The second kappa shape index (κ2) is 7.94. The van der Waals surface area contributed by atoms with Gasteiger partial charge in [-0.3, -0.25) is 4.79 Å². The highest BCUT2D eigenvalue weighted by atomic mass is 19.4. The molecule has 0 spiro atoms. The highest BCUT2D eigenvalue weighted by Gasteiger charge is 2.38. The summed E-state index contributed by atoms with van der Waals surface area (Å²) in [5.74, 6) is -0.394. The lowest BCUT2D eigenvalue weighted by Gasteiger charge is -2.25. The van der Waals surface area contributed by atoms with Crippen molar-refractivity contribution >= 4 is 17.4 Å². The Labute approximate surface area is 155 Å². The number of rotatable bonds is 3. The van der Waals surface area contributed by atoms with E-state index in [-0.39, 0.29) is 16.9 Å². The summed E-state index contributed by atoms with van der Waals surface area (Å²) < 4.78 is 39.9. The second-order valence-electron chi connectivity index (χ2n) is 6.59. The zero-order valence-corrected chi connectivity index (χ0v) is 15.0. The standard InChI is InChI=1S/C19H21F3N4O/c1-13-15(18(27)23-14-9-5-4-6-10-14)17(25-24-16(13)19(20,21)22)26-11-7-2-3-8-12-26/h4-6,9-10H,2-3,7-8,11-12H2,1H3,(H,23,27). The smallest absolute Gasteiger partial charge is 0.354 e. The van der Waals surface area contributed by atoms with Gasteiger partial charge in [-0.1, -0.05) is 31.0 Å². The summed E-state index contributed by atoms with van der Waals surface area (Å²) in [4.78, 5) is 14.8. The summed E-state index contributed by atoms with van der Waals surface area (Å²) in [6, 6.07) is 8.63. The van der Waals surface area contributed by atoms with Gasteiger partial charge in [-0.25, -0.2) is 0 Å². The van der Waals surface area contributed by atoms with Gasteiger partial charge < -0.3 is 10.2 Å². The van der Waals surface area contributed by atoms with E-state index < -0.39 is 17.8 Å². The van der Waals surface area contributed by atoms with Crippen LogP contribution in [0.2, 0.25) is 0 Å². The Kier molecular flexibility index (Phi) is 5.62. The summed E-state index contributed by atoms with van der Waals surface area (Å²) in [6.07, 6.45) is -0.761. The zero-order chi connectivity index (χ0) is 19.4. The molecule has 1 aliphatic rings. The molecule has 144 valence electrons. The molecule has 1 N–H and O–H groups in total. The predicted octanol–water partition coefficient (Wildman–Crippen LogP) is 4.44. The first-order valence-corrected chi connectivity index (χ1v) is 8.94. The third kappa shape index (κ3) is 4.37. The largest absolute Gasteiger partial charge is 0.435 e. The number of hydrogen-bond donors (Lipinski definition) is 1. The average Bonchev–Trinajstić information content (AvgIpc) is 2.90. The number of nitrogens with zero attached hydrogens (tertiary/aromatic N) is 3. The number of amides is 1. The van der Waals surface area contributed by atoms with Crippen molar-refractivity contribution < 1.29 is 18.0 Å². The summed E-state index contributed by atoms with van der Waals surface area (Å²) >= 11 is 0. The van der Waals surface area contributed by atoms with Gasteiger partial charge in [-0.15, -0.1) is 10.2 Å². The zero-order valence-electron chi connectivity index (χ0n) is 15.0. The van der Waals surface area contributed by atoms with Crippen LogP contribution in [0.25, 0.3) is 0 Å². The molecule has 0 saturated carbocycles. The van der Waals surface area contributed by atoms with E-state index in [0.29, 0.717) is 18.8 Å². The molecule has 1 aromatic carbocycles. The van der Waals surface area contributed by atoms with Crippen LogP contribution < -0.4 is 10.2 Å². The normalized spacial score (nSPS) is 15.3. The van der Waals surface area contributed by atoms with Crippen LogP contribution in [-0.2, 0) is 6.18 Å². The van der Waals surface area contributed by atoms with Crippen molar-refractivity contribution in [2.45, 2.75) is 38.8 Å². The summed E-state index contributed by atoms with van der Waals surface area (Å²) in [7, 11) is 0. The SMILES string of the molecule is Cc1c(C(F)(F)F)nnc(N2CCCCCC2)c1C(=O)Nc1ccccc1. The summed E-state index contributed by atoms with van der Waals surface area (Å²) in [5.41, 5.74) is -0.887. The minimum absolute atomic E-state index is 0.0666. The first-order valence-electron chi connectivity index (χ1n) is 8.94. The van der Waals surface area contributed by atoms with Crippen LogP contribution >= 0.6 is 0 Å². The van der Waals surface area contributed by atoms with Gasteiger partial charge in [-0.05, 0) is 37.5 Å². The highest BCUT2D eigenvalue weighted by Crippen LogP contribution is 2.34. The number of alkyl halides is 3. The fraction of sp³-hybridized carbons (Fsp3) is 0.421. The Morgan fingerprint density at radius 2 is 1.67 bits per heavy atom. The molecule has 1 saturated heterocycles. The fourth-order valence-corrected chi connectivity index (χ4v) is 3.27. The Balaban J connectivity index is 2.04. The van der Waals surface area contributed by atoms with Crippen molar-refractivity contribution in [1.82, 2.24) is 10.2 Å². The third-order valence-corrected chi connectivity index (χ3v) is 4.63. The number of benzene rings is 1. The lowest BCUT2D eigenvalue weighted by molar-refractivity contribution is -0.142. The van der Waals surface area contributed by atoms with Gasteiger partial charge in [0.25, 0.3) is 5.91 Å². The van der Waals surface area contributed by atoms with Crippen LogP contribution in [0.1, 0.15) is 47.3 Å². The van der Waals surface area contributed by atoms with Gasteiger partial charge in [-0.2, -0.15) is 13.2 Å². The minimum Gasteiger partial charge on any atom is -0.354 e. The van der Waals surface area contributed by atoms with Crippen molar-refractivity contribution in [2.75, 3.05) is 23.3 Å². The third-order valence-electron chi connectivity index (χ3n) is 4.63. The topological polar surface area (TPSA) is 58.1 Å². The van der Waals surface area contributed by atoms with E-state index in [1.807, 2.05) is 4.90 Å². The molecule has 0 aliphatic carbocycles. The van der Waals surface area contributed by atoms with Gasteiger partial charge >= 0.3 is 6.18 Å². The lowest BCUT2D eigenvalue weighted by atomic mass is 10.1. The van der Waals surface area contributed by atoms with Crippen LogP contribution in [0.3, 0.4) is 0 Å². The van der Waals surface area contributed by atoms with Gasteiger partial charge in [0.05, 0.1) is 5.56 Å². The van der Waals surface area contributed by atoms with Crippen molar-refractivity contribution in [3.05, 3.63) is 47.2 Å². The van der Waals surface area contributed by atoms with Crippen molar-refractivity contribution in [1.29, 1.82) is 0 Å². The molecule has 0 bridgehead atoms. The van der Waals surface area contributed by atoms with Crippen LogP contribution in [0.15, 0.2) is 30.3 Å². The molecule has 0 radical (unpaired) electrons. The van der Waals surface area contributed by atoms with Gasteiger partial charge in [0.1, 0.15) is 0 Å². The molecule has 1 aromatic heterocycles. The van der Waals surface area contributed by atoms with Gasteiger partial charge in [0, 0.05) is 18.8 Å². The minimum atomic E-state index is -4.67. The molecule has 27 heavy (non-hydrogen) atoms. The van der Waals surface area contributed by atoms with E-state index in [1.54, 1.807) is 30.3 Å². The number of halogens is 3. The number of hydrogen-bond acceptors (Lipinski definition) is 4. The van der Waals surface area contributed by atoms with E-state index in [9.17, 15) is 18.0 Å². The van der Waals surface area contributed by atoms with E-state index >= 15 is 0 Å². The number of aromatic nitrogens is 2. The Morgan fingerprint density at radius 1 is 1.04 bits per heavy atom. The number of carbonyl (C=O) groups excluding carboxylic acids is 1. The van der Waals surface area contributed by atoms with Crippen LogP contribution in [0.5, 0.6) is 0 Å². The van der Waals surface area contributed by atoms with Crippen molar-refractivity contribution in [2.24, 2.45) is 0 Å². The Hall–Kier alpha value is -2.64. The van der Waals surface area contributed by atoms with Crippen LogP contribution in [0.4, 0.5) is 24.7 Å². The van der Waals surface area contributed by atoms with Crippen molar-refractivity contribution in [3.8, 4) is 0 Å². The lowest BCUT2D eigenvalue weighted by Crippen LogP contribution is -2.30. The molecule has 8 heteroatoms. The van der Waals surface area contributed by atoms with E-state index in [0.717, 1.165) is 25.7 Å². The molecule has 1 aliphatic heterocycles. The van der Waals surface area contributed by atoms with E-state index in [4.69, 9.17) is 0 Å². The molecule has 2 aromatic rings. The molecule has 3 rings (SSSR count). The number of anilines is 2. The maximum absolute atomic E-state index is 13.3. The molecule has 0 unspecified atom stereocenters. The van der Waals surface area contributed by atoms with Crippen LogP contribution in [-0.4, -0.2) is 29.2 Å². The maximum atomic E-state index is 13.3. The first-order chi connectivity index (χ1) is 12.9. The molecule has 1 fully saturated rings. The Bertz CT molecular complexity index is 801. The fourth-order valence-electron chi connectivity index (χ4n) is 3.27. The van der Waals surface area contributed by atoms with E-state index in [1.165, 1.54) is 6.92 Å². The summed E-state index contributed by atoms with van der Waals surface area (Å²) in [6.45, 7) is 2.56. The van der Waals surface area contributed by atoms with Crippen molar-refractivity contribution in [3.63, 3.8) is 0 Å². The average molecular weight is 378 g/mol. The number of para-hydroxylation sites is 1. The highest BCUT2D eigenvalue weighted by molar-refractivity contribution is 6.08. The van der Waals surface area contributed by atoms with Gasteiger partial charge in [0.15, 0.2) is 11.5 Å². The second-order valence-corrected chi connectivity index (χ2v) is 6.59. The first kappa shape index (κ1) is 19.1. The molecule has 5 nitrogen and oxygen atoms in total. The molecule has 2 heterocycles. The van der Waals surface area contributed by atoms with Crippen LogP contribution in [0, 0.1) is 6.92 Å². The summed E-state index contributed by atoms with van der Waals surface area (Å²) in [5, 5.41) is 9.91. The quantitative estimate of drug-likeness (QED) is 0.858. The van der Waals surface area contributed by atoms with E-state index in [2.05, 4.69) is 15.5 Å². The molecular weight excluding hydrogens is 357 g/mol.